The number of hydrogen-bond donors (Lipinski definition) is 0. The monoisotopic (exact) mass is 488 g/mol. The lowest BCUT2D eigenvalue weighted by Crippen LogP contribution is -2.48. The van der Waals surface area contributed by atoms with Crippen molar-refractivity contribution in [3.8, 4) is 5.75 Å². The molecular formula is C25H23Cl3N2O2. The number of halogens is 3. The summed E-state index contributed by atoms with van der Waals surface area (Å²) >= 11 is 18.2. The Morgan fingerprint density at radius 3 is 2.12 bits per heavy atom. The summed E-state index contributed by atoms with van der Waals surface area (Å²) in [4.78, 5) is 17.1. The van der Waals surface area contributed by atoms with Gasteiger partial charge in [-0.2, -0.15) is 0 Å². The molecule has 1 saturated heterocycles. The van der Waals surface area contributed by atoms with Crippen LogP contribution in [0.3, 0.4) is 0 Å². The Labute approximate surface area is 203 Å². The van der Waals surface area contributed by atoms with Gasteiger partial charge in [0.1, 0.15) is 12.4 Å². The van der Waals surface area contributed by atoms with E-state index in [-0.39, 0.29) is 5.91 Å². The maximum Gasteiger partial charge on any atom is 0.253 e. The molecule has 0 radical (unpaired) electrons. The van der Waals surface area contributed by atoms with E-state index >= 15 is 0 Å². The Bertz CT molecular complexity index is 1060. The summed E-state index contributed by atoms with van der Waals surface area (Å²) in [5.41, 5.74) is 2.74. The van der Waals surface area contributed by atoms with E-state index in [1.807, 2.05) is 53.4 Å². The molecule has 0 saturated carbocycles. The standard InChI is InChI=1S/C25H23Cl3N2O2/c26-21-7-9-23(10-8-21)32-17-18-1-3-19(4-2-18)25(31)30-13-11-29(12-14-30)16-20-5-6-22(27)15-24(20)28/h1-10,15H,11-14,16-17H2. The van der Waals surface area contributed by atoms with Crippen LogP contribution in [0.25, 0.3) is 0 Å². The minimum absolute atomic E-state index is 0.0549. The van der Waals surface area contributed by atoms with E-state index in [4.69, 9.17) is 39.5 Å². The number of piperazine rings is 1. The van der Waals surface area contributed by atoms with Crippen LogP contribution in [0.5, 0.6) is 5.75 Å². The van der Waals surface area contributed by atoms with Crippen LogP contribution in [-0.4, -0.2) is 41.9 Å². The summed E-state index contributed by atoms with van der Waals surface area (Å²) in [5, 5.41) is 1.99. The van der Waals surface area contributed by atoms with E-state index in [0.29, 0.717) is 40.3 Å². The van der Waals surface area contributed by atoms with Gasteiger partial charge in [0.2, 0.25) is 0 Å². The number of carbonyl (C=O) groups excluding carboxylic acids is 1. The summed E-state index contributed by atoms with van der Waals surface area (Å²) < 4.78 is 5.76. The van der Waals surface area contributed by atoms with Crippen molar-refractivity contribution in [2.45, 2.75) is 13.2 Å². The lowest BCUT2D eigenvalue weighted by atomic mass is 10.1. The van der Waals surface area contributed by atoms with Gasteiger partial charge < -0.3 is 9.64 Å². The van der Waals surface area contributed by atoms with Crippen LogP contribution < -0.4 is 4.74 Å². The van der Waals surface area contributed by atoms with Gasteiger partial charge in [-0.25, -0.2) is 0 Å². The van der Waals surface area contributed by atoms with E-state index in [1.54, 1.807) is 18.2 Å². The van der Waals surface area contributed by atoms with Gasteiger partial charge >= 0.3 is 0 Å². The summed E-state index contributed by atoms with van der Waals surface area (Å²) in [6.07, 6.45) is 0. The largest absolute Gasteiger partial charge is 0.489 e. The van der Waals surface area contributed by atoms with Crippen LogP contribution in [0, 0.1) is 0 Å². The zero-order valence-corrected chi connectivity index (χ0v) is 19.7. The molecule has 1 heterocycles. The fourth-order valence-electron chi connectivity index (χ4n) is 3.62. The molecule has 0 N–H and O–H groups in total. The third-order valence-corrected chi connectivity index (χ3v) is 6.33. The molecule has 0 spiro atoms. The first-order valence-electron chi connectivity index (χ1n) is 10.4. The Balaban J connectivity index is 1.27. The van der Waals surface area contributed by atoms with Crippen molar-refractivity contribution in [2.24, 2.45) is 0 Å². The molecule has 4 nitrogen and oxygen atoms in total. The van der Waals surface area contributed by atoms with Crippen molar-refractivity contribution in [2.75, 3.05) is 26.2 Å². The van der Waals surface area contributed by atoms with E-state index in [9.17, 15) is 4.79 Å². The van der Waals surface area contributed by atoms with Gasteiger partial charge in [-0.1, -0.05) is 53.0 Å². The van der Waals surface area contributed by atoms with Gasteiger partial charge in [0.15, 0.2) is 0 Å². The Morgan fingerprint density at radius 1 is 0.812 bits per heavy atom. The van der Waals surface area contributed by atoms with Gasteiger partial charge in [-0.05, 0) is 59.7 Å². The first-order chi connectivity index (χ1) is 15.5. The summed E-state index contributed by atoms with van der Waals surface area (Å²) in [6.45, 7) is 4.16. The molecule has 0 aromatic heterocycles. The topological polar surface area (TPSA) is 32.8 Å². The number of benzene rings is 3. The third-order valence-electron chi connectivity index (χ3n) is 5.49. The molecule has 0 aliphatic carbocycles. The molecule has 3 aromatic carbocycles. The molecule has 1 fully saturated rings. The lowest BCUT2D eigenvalue weighted by Gasteiger charge is -2.35. The predicted molar refractivity (Wildman–Crippen MR) is 130 cm³/mol. The van der Waals surface area contributed by atoms with Crippen molar-refractivity contribution in [3.63, 3.8) is 0 Å². The van der Waals surface area contributed by atoms with Crippen molar-refractivity contribution in [1.82, 2.24) is 9.80 Å². The minimum Gasteiger partial charge on any atom is -0.489 e. The van der Waals surface area contributed by atoms with E-state index < -0.39 is 0 Å². The highest BCUT2D eigenvalue weighted by Crippen LogP contribution is 2.23. The van der Waals surface area contributed by atoms with Crippen molar-refractivity contribution < 1.29 is 9.53 Å². The number of rotatable bonds is 6. The molecular weight excluding hydrogens is 467 g/mol. The van der Waals surface area contributed by atoms with Crippen LogP contribution in [0.1, 0.15) is 21.5 Å². The van der Waals surface area contributed by atoms with Gasteiger partial charge in [0.25, 0.3) is 5.91 Å². The van der Waals surface area contributed by atoms with Crippen LogP contribution in [0.15, 0.2) is 66.7 Å². The second-order valence-corrected chi connectivity index (χ2v) is 9.02. The summed E-state index contributed by atoms with van der Waals surface area (Å²) in [6, 6.07) is 20.4. The zero-order valence-electron chi connectivity index (χ0n) is 17.4. The van der Waals surface area contributed by atoms with Gasteiger partial charge in [-0.3, -0.25) is 9.69 Å². The molecule has 0 atom stereocenters. The second kappa shape index (κ2) is 10.6. The van der Waals surface area contributed by atoms with Crippen molar-refractivity contribution >= 4 is 40.7 Å². The number of hydrogen-bond acceptors (Lipinski definition) is 3. The fourth-order valence-corrected chi connectivity index (χ4v) is 4.22. The van der Waals surface area contributed by atoms with Crippen molar-refractivity contribution in [3.05, 3.63) is 98.5 Å². The summed E-state index contributed by atoms with van der Waals surface area (Å²) in [5.74, 6) is 0.812. The Morgan fingerprint density at radius 2 is 1.47 bits per heavy atom. The van der Waals surface area contributed by atoms with Crippen LogP contribution in [-0.2, 0) is 13.2 Å². The maximum absolute atomic E-state index is 12.9. The first kappa shape index (κ1) is 22.9. The Hall–Kier alpha value is -2.24. The average Bonchev–Trinajstić information content (AvgIpc) is 2.81. The van der Waals surface area contributed by atoms with Crippen LogP contribution in [0.2, 0.25) is 15.1 Å². The molecule has 1 aliphatic rings. The normalized spacial score (nSPS) is 14.4. The molecule has 0 unspecified atom stereocenters. The number of amides is 1. The van der Waals surface area contributed by atoms with E-state index in [1.165, 1.54) is 0 Å². The van der Waals surface area contributed by atoms with Crippen LogP contribution in [0.4, 0.5) is 0 Å². The molecule has 7 heteroatoms. The first-order valence-corrected chi connectivity index (χ1v) is 11.5. The quantitative estimate of drug-likeness (QED) is 0.414. The molecule has 4 rings (SSSR count). The second-order valence-electron chi connectivity index (χ2n) is 7.74. The van der Waals surface area contributed by atoms with Gasteiger partial charge in [0, 0.05) is 53.4 Å². The average molecular weight is 490 g/mol. The van der Waals surface area contributed by atoms with Gasteiger partial charge in [0.05, 0.1) is 0 Å². The molecule has 32 heavy (non-hydrogen) atoms. The van der Waals surface area contributed by atoms with E-state index in [2.05, 4.69) is 4.90 Å². The number of carbonyl (C=O) groups is 1. The van der Waals surface area contributed by atoms with Gasteiger partial charge in [-0.15, -0.1) is 0 Å². The number of nitrogens with zero attached hydrogens (tertiary/aromatic N) is 2. The SMILES string of the molecule is O=C(c1ccc(COc2ccc(Cl)cc2)cc1)N1CCN(Cc2ccc(Cl)cc2Cl)CC1. The highest BCUT2D eigenvalue weighted by Gasteiger charge is 2.22. The fraction of sp³-hybridized carbons (Fsp3) is 0.240. The minimum atomic E-state index is 0.0549. The zero-order chi connectivity index (χ0) is 22.5. The molecule has 3 aromatic rings. The molecule has 0 bridgehead atoms. The smallest absolute Gasteiger partial charge is 0.253 e. The van der Waals surface area contributed by atoms with E-state index in [0.717, 1.165) is 36.5 Å². The Kier molecular flexibility index (Phi) is 7.59. The molecule has 1 aliphatic heterocycles. The summed E-state index contributed by atoms with van der Waals surface area (Å²) in [7, 11) is 0. The molecule has 1 amide bonds. The maximum atomic E-state index is 12.9. The lowest BCUT2D eigenvalue weighted by molar-refractivity contribution is 0.0628. The number of ether oxygens (including phenoxy) is 1. The van der Waals surface area contributed by atoms with Crippen molar-refractivity contribution in [1.29, 1.82) is 0 Å². The molecule has 166 valence electrons. The highest BCUT2D eigenvalue weighted by atomic mass is 35.5. The highest BCUT2D eigenvalue weighted by molar-refractivity contribution is 6.35. The third kappa shape index (κ3) is 5.96. The van der Waals surface area contributed by atoms with Crippen LogP contribution >= 0.6 is 34.8 Å². The predicted octanol–water partition coefficient (Wildman–Crippen LogP) is 6.18.